The number of carbonyl (C=O) groups excluding carboxylic acids is 3. The Morgan fingerprint density at radius 1 is 1.17 bits per heavy atom. The van der Waals surface area contributed by atoms with Gasteiger partial charge in [-0.25, -0.2) is 14.5 Å². The van der Waals surface area contributed by atoms with Gasteiger partial charge in [-0.15, -0.1) is 0 Å². The minimum atomic E-state index is -1.17. The van der Waals surface area contributed by atoms with Crippen LogP contribution in [0.2, 0.25) is 0 Å². The van der Waals surface area contributed by atoms with E-state index in [9.17, 15) is 19.2 Å². The molecule has 2 aromatic rings. The Balaban J connectivity index is 2.00. The van der Waals surface area contributed by atoms with E-state index in [1.165, 1.54) is 12.1 Å². The third-order valence-electron chi connectivity index (χ3n) is 4.33. The minimum absolute atomic E-state index is 0.171. The molecule has 0 saturated carbocycles. The molecule has 4 amide bonds. The summed E-state index contributed by atoms with van der Waals surface area (Å²) in [4.78, 5) is 49.4. The number of aliphatic carboxylic acids is 1. The number of amides is 4. The topological polar surface area (TPSA) is 113 Å². The maximum atomic E-state index is 13.0. The molecule has 2 N–H and O–H groups in total. The summed E-state index contributed by atoms with van der Waals surface area (Å²) in [6, 6.07) is 10.7. The summed E-state index contributed by atoms with van der Waals surface area (Å²) in [7, 11) is 0. The van der Waals surface area contributed by atoms with Crippen molar-refractivity contribution in [2.24, 2.45) is 0 Å². The lowest BCUT2D eigenvalue weighted by atomic mass is 10.1. The van der Waals surface area contributed by atoms with Crippen LogP contribution in [0.15, 0.2) is 52.5 Å². The van der Waals surface area contributed by atoms with Crippen LogP contribution in [0, 0.1) is 0 Å². The number of carboxylic acids is 1. The van der Waals surface area contributed by atoms with Crippen molar-refractivity contribution in [3.63, 3.8) is 0 Å². The summed E-state index contributed by atoms with van der Waals surface area (Å²) in [6.45, 7) is 1.39. The predicted molar refractivity (Wildman–Crippen MR) is 112 cm³/mol. The second kappa shape index (κ2) is 8.91. The summed E-state index contributed by atoms with van der Waals surface area (Å²) in [6.07, 6.45) is 2.06. The zero-order valence-electron chi connectivity index (χ0n) is 15.8. The van der Waals surface area contributed by atoms with Gasteiger partial charge in [-0.3, -0.25) is 14.9 Å². The van der Waals surface area contributed by atoms with E-state index in [1.54, 1.807) is 36.4 Å². The number of carbonyl (C=O) groups is 4. The van der Waals surface area contributed by atoms with E-state index in [-0.39, 0.29) is 11.3 Å². The number of halogens is 1. The SMILES string of the molecule is CCc1ccc(N2C(=O)NC(=O)C(=Cc3cc(Br)ccc3OCC(=O)O)C2=O)cc1. The Kier molecular flexibility index (Phi) is 6.31. The van der Waals surface area contributed by atoms with Crippen molar-refractivity contribution in [2.45, 2.75) is 13.3 Å². The molecule has 9 heteroatoms. The van der Waals surface area contributed by atoms with Gasteiger partial charge in [0.1, 0.15) is 11.3 Å². The smallest absolute Gasteiger partial charge is 0.341 e. The molecule has 0 spiro atoms. The number of anilines is 1. The number of carboxylic acid groups (broad SMARTS) is 1. The van der Waals surface area contributed by atoms with Crippen molar-refractivity contribution in [3.8, 4) is 5.75 Å². The van der Waals surface area contributed by atoms with Crippen molar-refractivity contribution in [2.75, 3.05) is 11.5 Å². The van der Waals surface area contributed by atoms with Crippen LogP contribution in [0.25, 0.3) is 6.08 Å². The van der Waals surface area contributed by atoms with Gasteiger partial charge >= 0.3 is 12.0 Å². The Bertz CT molecular complexity index is 1060. The third kappa shape index (κ3) is 4.57. The fourth-order valence-corrected chi connectivity index (χ4v) is 3.21. The molecule has 1 heterocycles. The average molecular weight is 473 g/mol. The van der Waals surface area contributed by atoms with Gasteiger partial charge in [0.2, 0.25) is 0 Å². The highest BCUT2D eigenvalue weighted by Gasteiger charge is 2.37. The van der Waals surface area contributed by atoms with Crippen molar-refractivity contribution < 1.29 is 29.0 Å². The van der Waals surface area contributed by atoms with Crippen molar-refractivity contribution >= 4 is 51.5 Å². The maximum Gasteiger partial charge on any atom is 0.341 e. The first kappa shape index (κ1) is 21.3. The molecule has 0 atom stereocenters. The van der Waals surface area contributed by atoms with E-state index in [4.69, 9.17) is 9.84 Å². The van der Waals surface area contributed by atoms with Crippen molar-refractivity contribution in [3.05, 3.63) is 63.6 Å². The molecule has 0 aromatic heterocycles. The minimum Gasteiger partial charge on any atom is -0.481 e. The van der Waals surface area contributed by atoms with Gasteiger partial charge < -0.3 is 9.84 Å². The Morgan fingerprint density at radius 2 is 1.87 bits per heavy atom. The fourth-order valence-electron chi connectivity index (χ4n) is 2.83. The Hall–Kier alpha value is -3.46. The van der Waals surface area contributed by atoms with E-state index >= 15 is 0 Å². The number of barbiturate groups is 1. The van der Waals surface area contributed by atoms with Crippen LogP contribution >= 0.6 is 15.9 Å². The molecule has 1 aliphatic rings. The monoisotopic (exact) mass is 472 g/mol. The molecule has 0 unspecified atom stereocenters. The number of urea groups is 1. The number of rotatable bonds is 6. The van der Waals surface area contributed by atoms with Crippen LogP contribution in [-0.4, -0.2) is 35.5 Å². The standard InChI is InChI=1S/C21H17BrN2O6/c1-2-12-3-6-15(7-4-12)24-20(28)16(19(27)23-21(24)29)10-13-9-14(22)5-8-17(13)30-11-18(25)26/h3-10H,2,11H2,1H3,(H,25,26)(H,23,27,29). The molecule has 30 heavy (non-hydrogen) atoms. The lowest BCUT2D eigenvalue weighted by Gasteiger charge is -2.26. The molecule has 154 valence electrons. The predicted octanol–water partition coefficient (Wildman–Crippen LogP) is 3.14. The summed E-state index contributed by atoms with van der Waals surface area (Å²) in [5.41, 5.74) is 1.38. The molecule has 3 rings (SSSR count). The number of ether oxygens (including phenoxy) is 1. The molecule has 0 bridgehead atoms. The first-order chi connectivity index (χ1) is 14.3. The van der Waals surface area contributed by atoms with Gasteiger partial charge in [-0.1, -0.05) is 35.0 Å². The van der Waals surface area contributed by atoms with E-state index in [0.717, 1.165) is 16.9 Å². The molecular formula is C21H17BrN2O6. The summed E-state index contributed by atoms with van der Waals surface area (Å²) >= 11 is 3.29. The lowest BCUT2D eigenvalue weighted by Crippen LogP contribution is -2.54. The van der Waals surface area contributed by atoms with Crippen LogP contribution in [-0.2, 0) is 20.8 Å². The van der Waals surface area contributed by atoms with Crippen molar-refractivity contribution in [1.29, 1.82) is 0 Å². The Morgan fingerprint density at radius 3 is 2.50 bits per heavy atom. The van der Waals surface area contributed by atoms with Crippen LogP contribution in [0.1, 0.15) is 18.1 Å². The molecule has 0 aliphatic carbocycles. The first-order valence-corrected chi connectivity index (χ1v) is 9.74. The van der Waals surface area contributed by atoms with Crippen LogP contribution in [0.5, 0.6) is 5.75 Å². The zero-order valence-corrected chi connectivity index (χ0v) is 17.4. The highest BCUT2D eigenvalue weighted by molar-refractivity contribution is 9.10. The number of nitrogens with one attached hydrogen (secondary N) is 1. The quantitative estimate of drug-likeness (QED) is 0.493. The summed E-state index contributed by atoms with van der Waals surface area (Å²) < 4.78 is 5.86. The normalized spacial score (nSPS) is 15.3. The number of hydrogen-bond donors (Lipinski definition) is 2. The lowest BCUT2D eigenvalue weighted by molar-refractivity contribution is -0.139. The van der Waals surface area contributed by atoms with E-state index in [2.05, 4.69) is 21.2 Å². The second-order valence-corrected chi connectivity index (χ2v) is 7.26. The van der Waals surface area contributed by atoms with Crippen LogP contribution in [0.4, 0.5) is 10.5 Å². The van der Waals surface area contributed by atoms with Crippen molar-refractivity contribution in [1.82, 2.24) is 5.32 Å². The average Bonchev–Trinajstić information content (AvgIpc) is 2.70. The molecule has 1 aliphatic heterocycles. The van der Waals surface area contributed by atoms with E-state index in [1.807, 2.05) is 6.92 Å². The third-order valence-corrected chi connectivity index (χ3v) is 4.82. The maximum absolute atomic E-state index is 13.0. The highest BCUT2D eigenvalue weighted by Crippen LogP contribution is 2.28. The number of imide groups is 2. The van der Waals surface area contributed by atoms with Gasteiger partial charge in [-0.2, -0.15) is 0 Å². The van der Waals surface area contributed by atoms with Gasteiger partial charge in [0, 0.05) is 10.0 Å². The highest BCUT2D eigenvalue weighted by atomic mass is 79.9. The number of nitrogens with zero attached hydrogens (tertiary/aromatic N) is 1. The number of benzene rings is 2. The first-order valence-electron chi connectivity index (χ1n) is 8.94. The fraction of sp³-hybridized carbons (Fsp3) is 0.143. The zero-order chi connectivity index (χ0) is 21.8. The van der Waals surface area contributed by atoms with Gasteiger partial charge in [0.05, 0.1) is 5.69 Å². The number of aryl methyl sites for hydroxylation is 1. The molecule has 1 fully saturated rings. The molecule has 0 radical (unpaired) electrons. The summed E-state index contributed by atoms with van der Waals surface area (Å²) in [5.74, 6) is -2.65. The summed E-state index contributed by atoms with van der Waals surface area (Å²) in [5, 5.41) is 11.0. The largest absolute Gasteiger partial charge is 0.481 e. The second-order valence-electron chi connectivity index (χ2n) is 6.34. The van der Waals surface area contributed by atoms with Gasteiger partial charge in [0.15, 0.2) is 6.61 Å². The molecule has 8 nitrogen and oxygen atoms in total. The van der Waals surface area contributed by atoms with Crippen LogP contribution < -0.4 is 15.0 Å². The van der Waals surface area contributed by atoms with E-state index < -0.39 is 30.4 Å². The molecular weight excluding hydrogens is 456 g/mol. The Labute approximate surface area is 180 Å². The molecule has 1 saturated heterocycles. The van der Waals surface area contributed by atoms with Crippen LogP contribution in [0.3, 0.4) is 0 Å². The van der Waals surface area contributed by atoms with Gasteiger partial charge in [-0.05, 0) is 48.4 Å². The number of hydrogen-bond acceptors (Lipinski definition) is 5. The molecule has 2 aromatic carbocycles. The van der Waals surface area contributed by atoms with E-state index in [0.29, 0.717) is 15.7 Å². The van der Waals surface area contributed by atoms with Gasteiger partial charge in [0.25, 0.3) is 11.8 Å².